The van der Waals surface area contributed by atoms with Gasteiger partial charge in [-0.3, -0.25) is 4.99 Å². The molecule has 1 unspecified atom stereocenters. The first-order chi connectivity index (χ1) is 13.0. The summed E-state index contributed by atoms with van der Waals surface area (Å²) in [5.41, 5.74) is 2.02. The van der Waals surface area contributed by atoms with E-state index in [2.05, 4.69) is 20.7 Å². The van der Waals surface area contributed by atoms with Gasteiger partial charge in [0.1, 0.15) is 22.6 Å². The summed E-state index contributed by atoms with van der Waals surface area (Å²) in [6, 6.07) is 5.77. The van der Waals surface area contributed by atoms with Gasteiger partial charge in [-0.15, -0.1) is 35.3 Å². The van der Waals surface area contributed by atoms with Gasteiger partial charge in [0.05, 0.1) is 26.5 Å². The van der Waals surface area contributed by atoms with Crippen molar-refractivity contribution in [3.8, 4) is 11.5 Å². The first kappa shape index (κ1) is 24.4. The second-order valence-corrected chi connectivity index (χ2v) is 6.88. The minimum absolute atomic E-state index is 0. The Morgan fingerprint density at radius 2 is 2.04 bits per heavy atom. The Labute approximate surface area is 188 Å². The summed E-state index contributed by atoms with van der Waals surface area (Å²) >= 11 is 1.61. The molecule has 1 aromatic carbocycles. The highest BCUT2D eigenvalue weighted by atomic mass is 127. The van der Waals surface area contributed by atoms with Crippen molar-refractivity contribution in [2.75, 3.05) is 35.4 Å². The first-order valence-electron chi connectivity index (χ1n) is 8.62. The molecular formula is C19H29IN4O3S. The van der Waals surface area contributed by atoms with E-state index in [0.717, 1.165) is 33.7 Å². The lowest BCUT2D eigenvalue weighted by Crippen LogP contribution is -2.38. The van der Waals surface area contributed by atoms with Gasteiger partial charge in [0.15, 0.2) is 5.96 Å². The lowest BCUT2D eigenvalue weighted by atomic mass is 10.2. The largest absolute Gasteiger partial charge is 0.497 e. The fourth-order valence-corrected chi connectivity index (χ4v) is 3.40. The zero-order valence-corrected chi connectivity index (χ0v) is 20.3. The van der Waals surface area contributed by atoms with E-state index in [1.807, 2.05) is 37.1 Å². The van der Waals surface area contributed by atoms with E-state index in [1.165, 1.54) is 0 Å². The second kappa shape index (κ2) is 12.1. The number of rotatable bonds is 8. The van der Waals surface area contributed by atoms with Gasteiger partial charge in [-0.05, 0) is 19.1 Å². The van der Waals surface area contributed by atoms with Crippen LogP contribution in [0.25, 0.3) is 0 Å². The fraction of sp³-hybridized carbons (Fsp3) is 0.474. The summed E-state index contributed by atoms with van der Waals surface area (Å²) in [5, 5.41) is 6.40. The van der Waals surface area contributed by atoms with Crippen LogP contribution in [0.15, 0.2) is 28.6 Å². The third-order valence-electron chi connectivity index (χ3n) is 4.17. The van der Waals surface area contributed by atoms with Crippen LogP contribution < -0.4 is 14.8 Å². The highest BCUT2D eigenvalue weighted by Gasteiger charge is 2.13. The average molecular weight is 520 g/mol. The van der Waals surface area contributed by atoms with Crippen LogP contribution in [-0.4, -0.2) is 51.3 Å². The Morgan fingerprint density at radius 3 is 2.64 bits per heavy atom. The molecule has 0 bridgehead atoms. The van der Waals surface area contributed by atoms with Crippen LogP contribution in [0.2, 0.25) is 0 Å². The Hall–Kier alpha value is -1.59. The summed E-state index contributed by atoms with van der Waals surface area (Å²) in [6.45, 7) is 3.24. The number of aromatic nitrogens is 1. The Balaban J connectivity index is 0.00000392. The highest BCUT2D eigenvalue weighted by molar-refractivity contribution is 14.0. The zero-order chi connectivity index (χ0) is 19.8. The number of benzene rings is 1. The lowest BCUT2D eigenvalue weighted by molar-refractivity contribution is 0.119. The number of ether oxygens (including phenoxy) is 3. The van der Waals surface area contributed by atoms with Crippen molar-refractivity contribution in [3.63, 3.8) is 0 Å². The Kier molecular flexibility index (Phi) is 10.5. The number of aliphatic imine (C=N–C) groups is 1. The maximum absolute atomic E-state index is 5.45. The number of methoxy groups -OCH3 is 3. The van der Waals surface area contributed by atoms with E-state index in [1.54, 1.807) is 39.7 Å². The van der Waals surface area contributed by atoms with E-state index in [9.17, 15) is 0 Å². The topological polar surface area (TPSA) is 68.2 Å². The summed E-state index contributed by atoms with van der Waals surface area (Å²) in [7, 11) is 8.74. The van der Waals surface area contributed by atoms with Gasteiger partial charge >= 0.3 is 0 Å². The number of thiazole rings is 1. The van der Waals surface area contributed by atoms with Gasteiger partial charge in [0.25, 0.3) is 0 Å². The Bertz CT molecular complexity index is 769. The van der Waals surface area contributed by atoms with Gasteiger partial charge in [0.2, 0.25) is 0 Å². The van der Waals surface area contributed by atoms with E-state index >= 15 is 0 Å². The summed E-state index contributed by atoms with van der Waals surface area (Å²) in [4.78, 5) is 11.0. The molecule has 2 rings (SSSR count). The number of halogens is 1. The van der Waals surface area contributed by atoms with Gasteiger partial charge in [-0.2, -0.15) is 0 Å². The summed E-state index contributed by atoms with van der Waals surface area (Å²) in [5.74, 6) is 2.32. The number of hydrogen-bond acceptors (Lipinski definition) is 6. The standard InChI is InChI=1S/C19H28N4O3S.HI/c1-13(24-4)18-22-15(12-27-18)11-23(3)19(20-2)21-10-14-7-8-16(25-5)9-17(14)26-6;/h7-9,12-13H,10-11H2,1-6H3,(H,20,21);1H. The summed E-state index contributed by atoms with van der Waals surface area (Å²) < 4.78 is 16.0. The molecular weight excluding hydrogens is 491 g/mol. The van der Waals surface area contributed by atoms with Crippen LogP contribution in [0.4, 0.5) is 0 Å². The van der Waals surface area contributed by atoms with Crippen LogP contribution in [0, 0.1) is 0 Å². The van der Waals surface area contributed by atoms with Crippen molar-refractivity contribution in [1.29, 1.82) is 0 Å². The van der Waals surface area contributed by atoms with Crippen molar-refractivity contribution < 1.29 is 14.2 Å². The molecule has 0 aliphatic heterocycles. The van der Waals surface area contributed by atoms with Crippen molar-refractivity contribution >= 4 is 41.3 Å². The monoisotopic (exact) mass is 520 g/mol. The van der Waals surface area contributed by atoms with E-state index < -0.39 is 0 Å². The minimum Gasteiger partial charge on any atom is -0.497 e. The molecule has 0 saturated carbocycles. The number of nitrogens with one attached hydrogen (secondary N) is 1. The van der Waals surface area contributed by atoms with Crippen molar-refractivity contribution in [3.05, 3.63) is 39.8 Å². The molecule has 0 aliphatic rings. The molecule has 0 aliphatic carbocycles. The van der Waals surface area contributed by atoms with E-state index in [4.69, 9.17) is 14.2 Å². The van der Waals surface area contributed by atoms with Crippen LogP contribution >= 0.6 is 35.3 Å². The quantitative estimate of drug-likeness (QED) is 0.326. The molecule has 0 saturated heterocycles. The maximum Gasteiger partial charge on any atom is 0.194 e. The molecule has 1 aromatic heterocycles. The molecule has 156 valence electrons. The molecule has 1 atom stereocenters. The average Bonchev–Trinajstić information content (AvgIpc) is 3.16. The predicted molar refractivity (Wildman–Crippen MR) is 124 cm³/mol. The van der Waals surface area contributed by atoms with Crippen molar-refractivity contribution in [1.82, 2.24) is 15.2 Å². The van der Waals surface area contributed by atoms with Gasteiger partial charge in [0, 0.05) is 44.8 Å². The number of nitrogens with zero attached hydrogens (tertiary/aromatic N) is 3. The molecule has 2 aromatic rings. The Morgan fingerprint density at radius 1 is 1.29 bits per heavy atom. The first-order valence-corrected chi connectivity index (χ1v) is 9.50. The third kappa shape index (κ3) is 6.49. The third-order valence-corrected chi connectivity index (χ3v) is 5.23. The molecule has 9 heteroatoms. The van der Waals surface area contributed by atoms with Crippen molar-refractivity contribution in [2.24, 2.45) is 4.99 Å². The van der Waals surface area contributed by atoms with Crippen molar-refractivity contribution in [2.45, 2.75) is 26.1 Å². The van der Waals surface area contributed by atoms with Crippen LogP contribution in [0.5, 0.6) is 11.5 Å². The predicted octanol–water partition coefficient (Wildman–Crippen LogP) is 3.69. The molecule has 1 N–H and O–H groups in total. The second-order valence-electron chi connectivity index (χ2n) is 5.99. The highest BCUT2D eigenvalue weighted by Crippen LogP contribution is 2.24. The molecule has 7 nitrogen and oxygen atoms in total. The molecule has 0 fully saturated rings. The maximum atomic E-state index is 5.45. The SMILES string of the molecule is CN=C(NCc1ccc(OC)cc1OC)N(C)Cc1csc(C(C)OC)n1.I. The minimum atomic E-state index is 0. The van der Waals surface area contributed by atoms with E-state index in [-0.39, 0.29) is 30.1 Å². The number of guanidine groups is 1. The van der Waals surface area contributed by atoms with E-state index in [0.29, 0.717) is 13.1 Å². The zero-order valence-electron chi connectivity index (χ0n) is 17.2. The van der Waals surface area contributed by atoms with Crippen LogP contribution in [0.1, 0.15) is 29.3 Å². The van der Waals surface area contributed by atoms with Gasteiger partial charge in [-0.25, -0.2) is 4.98 Å². The van der Waals surface area contributed by atoms with Gasteiger partial charge < -0.3 is 24.4 Å². The van der Waals surface area contributed by atoms with Gasteiger partial charge in [-0.1, -0.05) is 0 Å². The van der Waals surface area contributed by atoms with Crippen LogP contribution in [-0.2, 0) is 17.8 Å². The number of hydrogen-bond donors (Lipinski definition) is 1. The summed E-state index contributed by atoms with van der Waals surface area (Å²) in [6.07, 6.45) is 0.00836. The molecule has 28 heavy (non-hydrogen) atoms. The molecule has 0 spiro atoms. The smallest absolute Gasteiger partial charge is 0.194 e. The molecule has 1 heterocycles. The molecule has 0 amide bonds. The normalized spacial score (nSPS) is 12.1. The fourth-order valence-electron chi connectivity index (χ4n) is 2.56. The lowest BCUT2D eigenvalue weighted by Gasteiger charge is -2.22. The van der Waals surface area contributed by atoms with Crippen LogP contribution in [0.3, 0.4) is 0 Å². The molecule has 0 radical (unpaired) electrons.